The van der Waals surface area contributed by atoms with Crippen molar-refractivity contribution in [2.24, 2.45) is 0 Å². The summed E-state index contributed by atoms with van der Waals surface area (Å²) in [7, 11) is 0. The van der Waals surface area contributed by atoms with Crippen molar-refractivity contribution in [1.82, 2.24) is 25.7 Å². The Morgan fingerprint density at radius 3 is 1.68 bits per heavy atom. The summed E-state index contributed by atoms with van der Waals surface area (Å²) in [6, 6.07) is 22.8. The average molecular weight is 827 g/mol. The van der Waals surface area contributed by atoms with Crippen LogP contribution in [0.4, 0.5) is 5.69 Å². The number of hydrogen-bond donors (Lipinski definition) is 1. The minimum absolute atomic E-state index is 0.0845. The fourth-order valence-corrected chi connectivity index (χ4v) is 5.65. The van der Waals surface area contributed by atoms with E-state index in [2.05, 4.69) is 37.6 Å². The molecule has 0 fully saturated rings. The molecule has 2 heterocycles. The van der Waals surface area contributed by atoms with Gasteiger partial charge in [-0.3, -0.25) is 9.59 Å². The van der Waals surface area contributed by atoms with Crippen LogP contribution in [0.3, 0.4) is 0 Å². The summed E-state index contributed by atoms with van der Waals surface area (Å²) in [5, 5.41) is 18.7. The Balaban J connectivity index is 0.740. The quantitative estimate of drug-likeness (QED) is 0.0622. The molecule has 4 aromatic rings. The largest absolute Gasteiger partial charge is 0.491 e. The Labute approximate surface area is 351 Å². The Morgan fingerprint density at radius 1 is 0.583 bits per heavy atom. The molecule has 16 heteroatoms. The summed E-state index contributed by atoms with van der Waals surface area (Å²) in [5.74, 6) is 7.78. The molecule has 3 aromatic carbocycles. The van der Waals surface area contributed by atoms with Gasteiger partial charge >= 0.3 is 0 Å². The second-order valence-electron chi connectivity index (χ2n) is 13.2. The highest BCUT2D eigenvalue weighted by molar-refractivity contribution is 5.96. The number of amides is 2. The molecule has 0 radical (unpaired) electrons. The van der Waals surface area contributed by atoms with Crippen LogP contribution in [0.2, 0.25) is 0 Å². The van der Waals surface area contributed by atoms with E-state index in [1.807, 2.05) is 72.8 Å². The van der Waals surface area contributed by atoms with Gasteiger partial charge in [0.15, 0.2) is 5.82 Å². The zero-order valence-electron chi connectivity index (χ0n) is 34.2. The molecular formula is C44H54N6O10. The van der Waals surface area contributed by atoms with Crippen molar-refractivity contribution in [2.75, 3.05) is 111 Å². The number of hydrogen-bond acceptors (Lipinski definition) is 14. The third kappa shape index (κ3) is 17.1. The first-order chi connectivity index (χ1) is 29.6. The molecule has 0 atom stereocenters. The maximum atomic E-state index is 13.3. The number of ether oxygens (including phenoxy) is 8. The lowest BCUT2D eigenvalue weighted by Crippen LogP contribution is -2.34. The highest BCUT2D eigenvalue weighted by Crippen LogP contribution is 2.26. The average Bonchev–Trinajstić information content (AvgIpc) is 3.27. The summed E-state index contributed by atoms with van der Waals surface area (Å²) in [5.41, 5.74) is 4.22. The van der Waals surface area contributed by atoms with Gasteiger partial charge in [-0.05, 0) is 55.0 Å². The number of carbonyl (C=O) groups excluding carboxylic acids is 2. The molecule has 0 unspecified atom stereocenters. The number of anilines is 1. The van der Waals surface area contributed by atoms with Crippen molar-refractivity contribution in [2.45, 2.75) is 26.3 Å². The molecule has 60 heavy (non-hydrogen) atoms. The topological polar surface area (TPSA) is 175 Å². The molecule has 1 aliphatic heterocycles. The molecular weight excluding hydrogens is 773 g/mol. The van der Waals surface area contributed by atoms with Gasteiger partial charge in [0, 0.05) is 36.1 Å². The van der Waals surface area contributed by atoms with Crippen molar-refractivity contribution in [3.05, 3.63) is 95.3 Å². The summed E-state index contributed by atoms with van der Waals surface area (Å²) < 4.78 is 44.4. The number of fused-ring (bicyclic) bond motifs is 2. The van der Waals surface area contributed by atoms with Crippen LogP contribution in [0.25, 0.3) is 11.4 Å². The van der Waals surface area contributed by atoms with Gasteiger partial charge < -0.3 is 48.1 Å². The fraction of sp³-hybridized carbons (Fsp3) is 0.455. The molecule has 0 aliphatic carbocycles. The van der Waals surface area contributed by atoms with Gasteiger partial charge in [0.25, 0.3) is 0 Å². The standard InChI is InChI=1S/C44H54N6O10/c1-35-46-48-44(49-47-35)38-12-14-40(15-13-38)60-33-32-59-31-30-58-29-28-57-27-26-56-25-24-55-23-22-54-21-20-53-19-18-45-42(51)16-17-43(52)50-34-39-8-3-2-6-36(39)10-11-37-7-4-5-9-41(37)50/h2-9,12-15H,16-34H2,1H3,(H,45,51). The van der Waals surface area contributed by atoms with Gasteiger partial charge in [-0.1, -0.05) is 42.2 Å². The summed E-state index contributed by atoms with van der Waals surface area (Å²) in [6.07, 6.45) is 0.171. The van der Waals surface area contributed by atoms with Crippen molar-refractivity contribution >= 4 is 17.5 Å². The lowest BCUT2D eigenvalue weighted by atomic mass is 10.0. The highest BCUT2D eigenvalue weighted by Gasteiger charge is 2.21. The smallest absolute Gasteiger partial charge is 0.227 e. The number of benzene rings is 3. The predicted octanol–water partition coefficient (Wildman–Crippen LogP) is 3.58. The molecule has 1 N–H and O–H groups in total. The fourth-order valence-electron chi connectivity index (χ4n) is 5.65. The normalized spacial score (nSPS) is 11.8. The highest BCUT2D eigenvalue weighted by atomic mass is 16.6. The second kappa shape index (κ2) is 27.4. The van der Waals surface area contributed by atoms with Crippen LogP contribution < -0.4 is 15.0 Å². The molecule has 2 amide bonds. The molecule has 1 aliphatic rings. The number of carbonyl (C=O) groups is 2. The van der Waals surface area contributed by atoms with E-state index in [4.69, 9.17) is 37.9 Å². The summed E-state index contributed by atoms with van der Waals surface area (Å²) in [4.78, 5) is 27.5. The molecule has 0 bridgehead atoms. The minimum atomic E-state index is -0.202. The van der Waals surface area contributed by atoms with Crippen LogP contribution >= 0.6 is 0 Å². The van der Waals surface area contributed by atoms with E-state index in [1.165, 1.54) is 0 Å². The number of aryl methyl sites for hydroxylation is 1. The number of para-hydroxylation sites is 1. The van der Waals surface area contributed by atoms with Crippen LogP contribution in [0.1, 0.15) is 35.4 Å². The molecule has 0 spiro atoms. The predicted molar refractivity (Wildman–Crippen MR) is 221 cm³/mol. The van der Waals surface area contributed by atoms with Gasteiger partial charge in [-0.25, -0.2) is 0 Å². The first-order valence-corrected chi connectivity index (χ1v) is 20.1. The summed E-state index contributed by atoms with van der Waals surface area (Å²) >= 11 is 0. The lowest BCUT2D eigenvalue weighted by molar-refractivity contribution is -0.125. The zero-order chi connectivity index (χ0) is 41.9. The Kier molecular flexibility index (Phi) is 20.9. The number of nitrogens with one attached hydrogen (secondary N) is 1. The maximum absolute atomic E-state index is 13.3. The van der Waals surface area contributed by atoms with Crippen LogP contribution in [0, 0.1) is 18.8 Å². The Bertz CT molecular complexity index is 1920. The molecule has 5 rings (SSSR count). The van der Waals surface area contributed by atoms with Crippen LogP contribution in [0.15, 0.2) is 72.8 Å². The van der Waals surface area contributed by atoms with Gasteiger partial charge in [-0.2, -0.15) is 0 Å². The monoisotopic (exact) mass is 826 g/mol. The minimum Gasteiger partial charge on any atom is -0.491 e. The zero-order valence-corrected chi connectivity index (χ0v) is 34.2. The van der Waals surface area contributed by atoms with Crippen molar-refractivity contribution in [3.63, 3.8) is 0 Å². The van der Waals surface area contributed by atoms with Crippen LogP contribution in [-0.4, -0.2) is 138 Å². The number of nitrogens with zero attached hydrogens (tertiary/aromatic N) is 5. The molecule has 16 nitrogen and oxygen atoms in total. The van der Waals surface area contributed by atoms with Gasteiger partial charge in [-0.15, -0.1) is 20.4 Å². The molecule has 0 saturated heterocycles. The first-order valence-electron chi connectivity index (χ1n) is 20.1. The second-order valence-corrected chi connectivity index (χ2v) is 13.2. The van der Waals surface area contributed by atoms with Gasteiger partial charge in [0.2, 0.25) is 17.6 Å². The van der Waals surface area contributed by atoms with E-state index in [0.717, 1.165) is 33.7 Å². The molecule has 320 valence electrons. The van der Waals surface area contributed by atoms with E-state index >= 15 is 0 Å². The third-order valence-electron chi connectivity index (χ3n) is 8.73. The number of rotatable bonds is 29. The number of aromatic nitrogens is 4. The Morgan fingerprint density at radius 2 is 1.08 bits per heavy atom. The van der Waals surface area contributed by atoms with Gasteiger partial charge in [0.05, 0.1) is 105 Å². The van der Waals surface area contributed by atoms with Crippen molar-refractivity contribution in [3.8, 4) is 29.0 Å². The third-order valence-corrected chi connectivity index (χ3v) is 8.73. The first kappa shape index (κ1) is 45.7. The SMILES string of the molecule is Cc1nnc(-c2ccc(OCCOCCOCCOCCOCCOCCOCCOCCNC(=O)CCC(=O)N3Cc4ccccc4C#Cc4ccccc43)cc2)nn1. The van der Waals surface area contributed by atoms with E-state index in [9.17, 15) is 9.59 Å². The van der Waals surface area contributed by atoms with E-state index < -0.39 is 0 Å². The Hall–Kier alpha value is -5.38. The van der Waals surface area contributed by atoms with Gasteiger partial charge in [0.1, 0.15) is 12.4 Å². The van der Waals surface area contributed by atoms with Crippen LogP contribution in [0.5, 0.6) is 5.75 Å². The van der Waals surface area contributed by atoms with Crippen molar-refractivity contribution in [1.29, 1.82) is 0 Å². The van der Waals surface area contributed by atoms with Crippen LogP contribution in [-0.2, 0) is 49.3 Å². The lowest BCUT2D eigenvalue weighted by Gasteiger charge is -2.26. The molecule has 1 aromatic heterocycles. The van der Waals surface area contributed by atoms with E-state index in [1.54, 1.807) is 11.8 Å². The van der Waals surface area contributed by atoms with Crippen molar-refractivity contribution < 1.29 is 47.5 Å². The maximum Gasteiger partial charge on any atom is 0.227 e. The van der Waals surface area contributed by atoms with E-state index in [0.29, 0.717) is 124 Å². The summed E-state index contributed by atoms with van der Waals surface area (Å²) in [6.45, 7) is 9.11. The van der Waals surface area contributed by atoms with E-state index in [-0.39, 0.29) is 24.7 Å². The molecule has 0 saturated carbocycles.